The molecule has 2 rings (SSSR count). The smallest absolute Gasteiger partial charge is 0.274 e. The molecule has 0 bridgehead atoms. The van der Waals surface area contributed by atoms with Gasteiger partial charge in [0.2, 0.25) is 0 Å². The Hall–Kier alpha value is -2.63. The SMILES string of the molecule is CCC(C)Nc1cc(C(=O)Nc2cc(C)ccc2OC)ncn1. The van der Waals surface area contributed by atoms with Crippen LogP contribution in [0.2, 0.25) is 0 Å². The summed E-state index contributed by atoms with van der Waals surface area (Å²) in [5.41, 5.74) is 1.95. The van der Waals surface area contributed by atoms with Gasteiger partial charge in [0.15, 0.2) is 0 Å². The van der Waals surface area contributed by atoms with Gasteiger partial charge in [-0.3, -0.25) is 4.79 Å². The molecule has 0 fully saturated rings. The van der Waals surface area contributed by atoms with Gasteiger partial charge in [-0.05, 0) is 38.0 Å². The Morgan fingerprint density at radius 1 is 1.30 bits per heavy atom. The number of hydrogen-bond donors (Lipinski definition) is 2. The van der Waals surface area contributed by atoms with Crippen LogP contribution in [0.1, 0.15) is 36.3 Å². The van der Waals surface area contributed by atoms with Gasteiger partial charge in [-0.15, -0.1) is 0 Å². The molecule has 0 saturated heterocycles. The quantitative estimate of drug-likeness (QED) is 0.856. The highest BCUT2D eigenvalue weighted by Crippen LogP contribution is 2.25. The highest BCUT2D eigenvalue weighted by Gasteiger charge is 2.12. The molecule has 23 heavy (non-hydrogen) atoms. The van der Waals surface area contributed by atoms with E-state index < -0.39 is 0 Å². The zero-order valence-corrected chi connectivity index (χ0v) is 13.9. The molecule has 1 aromatic heterocycles. The van der Waals surface area contributed by atoms with Crippen molar-refractivity contribution >= 4 is 17.4 Å². The summed E-state index contributed by atoms with van der Waals surface area (Å²) in [6.45, 7) is 6.09. The minimum Gasteiger partial charge on any atom is -0.495 e. The lowest BCUT2D eigenvalue weighted by molar-refractivity contribution is 0.102. The van der Waals surface area contributed by atoms with Crippen LogP contribution >= 0.6 is 0 Å². The van der Waals surface area contributed by atoms with Crippen molar-refractivity contribution in [3.8, 4) is 5.75 Å². The molecule has 0 spiro atoms. The van der Waals surface area contributed by atoms with Crippen molar-refractivity contribution in [3.63, 3.8) is 0 Å². The average molecular weight is 314 g/mol. The molecule has 1 amide bonds. The molecule has 0 saturated carbocycles. The van der Waals surface area contributed by atoms with Crippen molar-refractivity contribution in [2.24, 2.45) is 0 Å². The van der Waals surface area contributed by atoms with E-state index in [9.17, 15) is 4.79 Å². The third kappa shape index (κ3) is 4.42. The highest BCUT2D eigenvalue weighted by atomic mass is 16.5. The molecule has 1 unspecified atom stereocenters. The zero-order valence-electron chi connectivity index (χ0n) is 13.9. The normalized spacial score (nSPS) is 11.7. The van der Waals surface area contributed by atoms with E-state index in [1.54, 1.807) is 13.2 Å². The maximum absolute atomic E-state index is 12.4. The highest BCUT2D eigenvalue weighted by molar-refractivity contribution is 6.04. The van der Waals surface area contributed by atoms with Crippen LogP contribution in [0, 0.1) is 6.92 Å². The van der Waals surface area contributed by atoms with Crippen LogP contribution < -0.4 is 15.4 Å². The molecule has 1 heterocycles. The number of aromatic nitrogens is 2. The van der Waals surface area contributed by atoms with Crippen LogP contribution in [0.3, 0.4) is 0 Å². The standard InChI is InChI=1S/C17H22N4O2/c1-5-12(3)20-16-9-14(18-10-19-16)17(22)21-13-8-11(2)6-7-15(13)23-4/h6-10,12H,5H2,1-4H3,(H,21,22)(H,18,19,20). The second kappa shape index (κ2) is 7.58. The number of methoxy groups -OCH3 is 1. The van der Waals surface area contributed by atoms with Crippen molar-refractivity contribution in [2.75, 3.05) is 17.7 Å². The van der Waals surface area contributed by atoms with E-state index in [2.05, 4.69) is 34.4 Å². The number of nitrogens with one attached hydrogen (secondary N) is 2. The van der Waals surface area contributed by atoms with E-state index >= 15 is 0 Å². The van der Waals surface area contributed by atoms with Crippen LogP contribution in [0.5, 0.6) is 5.75 Å². The molecule has 0 radical (unpaired) electrons. The molecule has 0 aliphatic heterocycles. The van der Waals surface area contributed by atoms with Crippen molar-refractivity contribution < 1.29 is 9.53 Å². The number of amides is 1. The number of rotatable bonds is 6. The fourth-order valence-corrected chi connectivity index (χ4v) is 2.02. The Morgan fingerprint density at radius 2 is 2.09 bits per heavy atom. The number of aryl methyl sites for hydroxylation is 1. The molecule has 2 N–H and O–H groups in total. The van der Waals surface area contributed by atoms with Gasteiger partial charge in [0, 0.05) is 12.1 Å². The predicted octanol–water partition coefficient (Wildman–Crippen LogP) is 3.26. The van der Waals surface area contributed by atoms with Crippen LogP contribution in [-0.2, 0) is 0 Å². The molecular weight excluding hydrogens is 292 g/mol. The average Bonchev–Trinajstić information content (AvgIpc) is 2.55. The lowest BCUT2D eigenvalue weighted by Gasteiger charge is -2.13. The number of anilines is 2. The summed E-state index contributed by atoms with van der Waals surface area (Å²) in [5.74, 6) is 0.940. The first-order valence-electron chi connectivity index (χ1n) is 7.58. The third-order valence-corrected chi connectivity index (χ3v) is 3.51. The van der Waals surface area contributed by atoms with Crippen molar-refractivity contribution in [1.29, 1.82) is 0 Å². The lowest BCUT2D eigenvalue weighted by atomic mass is 10.2. The second-order valence-electron chi connectivity index (χ2n) is 5.40. The largest absolute Gasteiger partial charge is 0.495 e. The minimum atomic E-state index is -0.302. The first-order valence-corrected chi connectivity index (χ1v) is 7.58. The fraction of sp³-hybridized carbons (Fsp3) is 0.353. The molecule has 0 aliphatic carbocycles. The van der Waals surface area contributed by atoms with E-state index in [0.717, 1.165) is 12.0 Å². The minimum absolute atomic E-state index is 0.276. The molecule has 1 aromatic carbocycles. The molecule has 1 atom stereocenters. The first-order chi connectivity index (χ1) is 11.0. The topological polar surface area (TPSA) is 76.1 Å². The first kappa shape index (κ1) is 16.7. The van der Waals surface area contributed by atoms with Crippen molar-refractivity contribution in [2.45, 2.75) is 33.2 Å². The van der Waals surface area contributed by atoms with Gasteiger partial charge in [-0.25, -0.2) is 9.97 Å². The summed E-state index contributed by atoms with van der Waals surface area (Å²) < 4.78 is 5.27. The summed E-state index contributed by atoms with van der Waals surface area (Å²) in [5, 5.41) is 6.06. The Morgan fingerprint density at radius 3 is 2.78 bits per heavy atom. The molecule has 0 aliphatic rings. The molecule has 2 aromatic rings. The van der Waals surface area contributed by atoms with Gasteiger partial charge in [-0.1, -0.05) is 13.0 Å². The van der Waals surface area contributed by atoms with Gasteiger partial charge in [0.1, 0.15) is 23.6 Å². The van der Waals surface area contributed by atoms with E-state index in [1.165, 1.54) is 6.33 Å². The van der Waals surface area contributed by atoms with Crippen molar-refractivity contribution in [1.82, 2.24) is 9.97 Å². The van der Waals surface area contributed by atoms with Crippen molar-refractivity contribution in [3.05, 3.63) is 41.9 Å². The van der Waals surface area contributed by atoms with E-state index in [-0.39, 0.29) is 11.9 Å². The van der Waals surface area contributed by atoms with E-state index in [1.807, 2.05) is 25.1 Å². The predicted molar refractivity (Wildman–Crippen MR) is 91.1 cm³/mol. The van der Waals surface area contributed by atoms with Crippen LogP contribution in [0.15, 0.2) is 30.6 Å². The van der Waals surface area contributed by atoms with Gasteiger partial charge in [0.25, 0.3) is 5.91 Å². The third-order valence-electron chi connectivity index (χ3n) is 3.51. The monoisotopic (exact) mass is 314 g/mol. The van der Waals surface area contributed by atoms with E-state index in [0.29, 0.717) is 22.9 Å². The molecule has 6 nitrogen and oxygen atoms in total. The van der Waals surface area contributed by atoms with Gasteiger partial charge in [-0.2, -0.15) is 0 Å². The van der Waals surface area contributed by atoms with Crippen LogP contribution in [-0.4, -0.2) is 29.0 Å². The summed E-state index contributed by atoms with van der Waals surface area (Å²) in [6.07, 6.45) is 2.35. The Balaban J connectivity index is 2.18. The Kier molecular flexibility index (Phi) is 5.51. The molecule has 122 valence electrons. The number of hydrogen-bond acceptors (Lipinski definition) is 5. The summed E-state index contributed by atoms with van der Waals surface area (Å²) >= 11 is 0. The number of benzene rings is 1. The maximum Gasteiger partial charge on any atom is 0.274 e. The number of nitrogens with zero attached hydrogens (tertiary/aromatic N) is 2. The number of carbonyl (C=O) groups is 1. The maximum atomic E-state index is 12.4. The van der Waals surface area contributed by atoms with Crippen LogP contribution in [0.25, 0.3) is 0 Å². The van der Waals surface area contributed by atoms with Gasteiger partial charge < -0.3 is 15.4 Å². The molecular formula is C17H22N4O2. The van der Waals surface area contributed by atoms with E-state index in [4.69, 9.17) is 4.74 Å². The Labute approximate surface area is 136 Å². The Bertz CT molecular complexity index is 688. The summed E-state index contributed by atoms with van der Waals surface area (Å²) in [7, 11) is 1.57. The fourth-order valence-electron chi connectivity index (χ4n) is 2.02. The van der Waals surface area contributed by atoms with Gasteiger partial charge >= 0.3 is 0 Å². The van der Waals surface area contributed by atoms with Crippen LogP contribution in [0.4, 0.5) is 11.5 Å². The number of ether oxygens (including phenoxy) is 1. The zero-order chi connectivity index (χ0) is 16.8. The van der Waals surface area contributed by atoms with Gasteiger partial charge in [0.05, 0.1) is 12.8 Å². The lowest BCUT2D eigenvalue weighted by Crippen LogP contribution is -2.18. The number of carbonyl (C=O) groups excluding carboxylic acids is 1. The molecule has 6 heteroatoms. The summed E-state index contributed by atoms with van der Waals surface area (Å²) in [4.78, 5) is 20.6. The summed E-state index contributed by atoms with van der Waals surface area (Å²) in [6, 6.07) is 7.52. The second-order valence-corrected chi connectivity index (χ2v) is 5.40.